The third kappa shape index (κ3) is 5.36. The van der Waals surface area contributed by atoms with E-state index >= 15 is 0 Å². The molecule has 2 aliphatic heterocycles. The molecule has 1 saturated heterocycles. The summed E-state index contributed by atoms with van der Waals surface area (Å²) in [7, 11) is 0. The van der Waals surface area contributed by atoms with Crippen LogP contribution in [0, 0.1) is 0 Å². The van der Waals surface area contributed by atoms with Crippen molar-refractivity contribution in [1.29, 1.82) is 0 Å². The van der Waals surface area contributed by atoms with Gasteiger partial charge in [-0.05, 0) is 85.3 Å². The standard InChI is InChI=1S/C31H35N3O2/c1-2-17-34-29-21-27(14-11-24(29)13-16-30(34)35)32-31(36)25-12-15-28(23-9-5-3-6-10-23)26(20-25)22-33-18-7-4-8-19-33/h3,5-6,9-12,14-15,20-21H,2,4,7-8,13,16-19,22H2,1H3,(H,32,36). The highest BCUT2D eigenvalue weighted by Crippen LogP contribution is 2.32. The van der Waals surface area contributed by atoms with Crippen molar-refractivity contribution in [3.05, 3.63) is 83.4 Å². The van der Waals surface area contributed by atoms with Crippen molar-refractivity contribution in [2.75, 3.05) is 29.9 Å². The molecule has 0 aliphatic carbocycles. The summed E-state index contributed by atoms with van der Waals surface area (Å²) in [4.78, 5) is 30.2. The molecule has 0 bridgehead atoms. The highest BCUT2D eigenvalue weighted by molar-refractivity contribution is 6.05. The molecule has 2 aliphatic rings. The van der Waals surface area contributed by atoms with Gasteiger partial charge in [0.2, 0.25) is 5.91 Å². The Morgan fingerprint density at radius 3 is 2.50 bits per heavy atom. The van der Waals surface area contributed by atoms with E-state index in [4.69, 9.17) is 0 Å². The number of hydrogen-bond donors (Lipinski definition) is 1. The number of nitrogens with one attached hydrogen (secondary N) is 1. The lowest BCUT2D eigenvalue weighted by molar-refractivity contribution is -0.118. The topological polar surface area (TPSA) is 52.7 Å². The minimum atomic E-state index is -0.126. The fourth-order valence-electron chi connectivity index (χ4n) is 5.41. The van der Waals surface area contributed by atoms with Crippen LogP contribution >= 0.6 is 0 Å². The first-order valence-corrected chi connectivity index (χ1v) is 13.3. The Kier molecular flexibility index (Phi) is 7.47. The fourth-order valence-corrected chi connectivity index (χ4v) is 5.41. The van der Waals surface area contributed by atoms with Gasteiger partial charge in [0.25, 0.3) is 5.91 Å². The smallest absolute Gasteiger partial charge is 0.255 e. The van der Waals surface area contributed by atoms with Crippen molar-refractivity contribution in [3.8, 4) is 11.1 Å². The number of benzene rings is 3. The number of piperidine rings is 1. The number of carbonyl (C=O) groups excluding carboxylic acids is 2. The molecule has 1 fully saturated rings. The number of hydrogen-bond acceptors (Lipinski definition) is 3. The molecule has 0 spiro atoms. The first kappa shape index (κ1) is 24.3. The summed E-state index contributed by atoms with van der Waals surface area (Å²) in [5.74, 6) is 0.0327. The Labute approximate surface area is 214 Å². The average molecular weight is 482 g/mol. The number of amides is 2. The largest absolute Gasteiger partial charge is 0.322 e. The second-order valence-corrected chi connectivity index (χ2v) is 9.92. The van der Waals surface area contributed by atoms with Gasteiger partial charge in [-0.2, -0.15) is 0 Å². The first-order chi connectivity index (χ1) is 17.6. The second-order valence-electron chi connectivity index (χ2n) is 9.92. The molecule has 36 heavy (non-hydrogen) atoms. The lowest BCUT2D eigenvalue weighted by atomic mass is 9.96. The molecular weight excluding hydrogens is 446 g/mol. The Morgan fingerprint density at radius 1 is 0.917 bits per heavy atom. The van der Waals surface area contributed by atoms with Crippen LogP contribution < -0.4 is 10.2 Å². The van der Waals surface area contributed by atoms with E-state index in [9.17, 15) is 9.59 Å². The Hall–Kier alpha value is -3.44. The SMILES string of the molecule is CCCN1C(=O)CCc2ccc(NC(=O)c3ccc(-c4ccccc4)c(CN4CCCCC4)c3)cc21. The van der Waals surface area contributed by atoms with Crippen molar-refractivity contribution in [2.24, 2.45) is 0 Å². The zero-order valence-corrected chi connectivity index (χ0v) is 21.1. The zero-order valence-electron chi connectivity index (χ0n) is 21.1. The Balaban J connectivity index is 1.41. The fraction of sp³-hybridized carbons (Fsp3) is 0.355. The average Bonchev–Trinajstić information content (AvgIpc) is 2.91. The Bertz CT molecular complexity index is 1230. The summed E-state index contributed by atoms with van der Waals surface area (Å²) in [6.07, 6.45) is 5.96. The third-order valence-corrected chi connectivity index (χ3v) is 7.29. The maximum absolute atomic E-state index is 13.3. The number of likely N-dealkylation sites (tertiary alicyclic amines) is 1. The molecular formula is C31H35N3O2. The van der Waals surface area contributed by atoms with Crippen LogP contribution in [0.15, 0.2) is 66.7 Å². The van der Waals surface area contributed by atoms with Gasteiger partial charge in [-0.25, -0.2) is 0 Å². The summed E-state index contributed by atoms with van der Waals surface area (Å²) < 4.78 is 0. The summed E-state index contributed by atoms with van der Waals surface area (Å²) in [5, 5.41) is 3.09. The molecule has 3 aromatic carbocycles. The first-order valence-electron chi connectivity index (χ1n) is 13.3. The number of carbonyl (C=O) groups is 2. The minimum absolute atomic E-state index is 0.126. The number of rotatable bonds is 7. The molecule has 0 saturated carbocycles. The molecule has 186 valence electrons. The molecule has 5 rings (SSSR count). The molecule has 1 N–H and O–H groups in total. The van der Waals surface area contributed by atoms with Crippen molar-refractivity contribution in [2.45, 2.75) is 52.0 Å². The van der Waals surface area contributed by atoms with Gasteiger partial charge in [0.1, 0.15) is 0 Å². The summed E-state index contributed by atoms with van der Waals surface area (Å²) in [6.45, 7) is 5.83. The van der Waals surface area contributed by atoms with E-state index in [-0.39, 0.29) is 11.8 Å². The molecule has 2 amide bonds. The molecule has 5 heteroatoms. The van der Waals surface area contributed by atoms with E-state index in [1.807, 2.05) is 35.2 Å². The summed E-state index contributed by atoms with van der Waals surface area (Å²) >= 11 is 0. The maximum Gasteiger partial charge on any atom is 0.255 e. The van der Waals surface area contributed by atoms with Crippen molar-refractivity contribution >= 4 is 23.2 Å². The molecule has 0 radical (unpaired) electrons. The number of aryl methyl sites for hydroxylation is 1. The van der Waals surface area contributed by atoms with Crippen LogP contribution in [0.3, 0.4) is 0 Å². The van der Waals surface area contributed by atoms with E-state index in [1.54, 1.807) is 0 Å². The highest BCUT2D eigenvalue weighted by Gasteiger charge is 2.24. The number of nitrogens with zero attached hydrogens (tertiary/aromatic N) is 2. The van der Waals surface area contributed by atoms with Gasteiger partial charge >= 0.3 is 0 Å². The van der Waals surface area contributed by atoms with E-state index in [2.05, 4.69) is 53.5 Å². The monoisotopic (exact) mass is 481 g/mol. The van der Waals surface area contributed by atoms with Gasteiger partial charge in [-0.1, -0.05) is 55.8 Å². The van der Waals surface area contributed by atoms with Gasteiger partial charge in [-0.15, -0.1) is 0 Å². The van der Waals surface area contributed by atoms with E-state index in [0.717, 1.165) is 49.4 Å². The number of anilines is 2. The molecule has 0 atom stereocenters. The van der Waals surface area contributed by atoms with Gasteiger partial charge in [-0.3, -0.25) is 14.5 Å². The lowest BCUT2D eigenvalue weighted by Gasteiger charge is -2.29. The van der Waals surface area contributed by atoms with Crippen molar-refractivity contribution in [1.82, 2.24) is 4.90 Å². The zero-order chi connectivity index (χ0) is 24.9. The van der Waals surface area contributed by atoms with Gasteiger partial charge in [0.05, 0.1) is 0 Å². The van der Waals surface area contributed by atoms with Crippen LogP contribution in [-0.4, -0.2) is 36.3 Å². The summed E-state index contributed by atoms with van der Waals surface area (Å²) in [6, 6.07) is 22.4. The quantitative estimate of drug-likeness (QED) is 0.432. The summed E-state index contributed by atoms with van der Waals surface area (Å²) in [5.41, 5.74) is 7.00. The highest BCUT2D eigenvalue weighted by atomic mass is 16.2. The van der Waals surface area contributed by atoms with Crippen LogP contribution in [0.4, 0.5) is 11.4 Å². The Morgan fingerprint density at radius 2 is 1.72 bits per heavy atom. The van der Waals surface area contributed by atoms with Crippen LogP contribution in [0.1, 0.15) is 60.5 Å². The third-order valence-electron chi connectivity index (χ3n) is 7.29. The van der Waals surface area contributed by atoms with Crippen molar-refractivity contribution in [3.63, 3.8) is 0 Å². The van der Waals surface area contributed by atoms with Gasteiger partial charge < -0.3 is 10.2 Å². The van der Waals surface area contributed by atoms with Gasteiger partial charge in [0, 0.05) is 36.4 Å². The van der Waals surface area contributed by atoms with Crippen LogP contribution in [0.5, 0.6) is 0 Å². The predicted octanol–water partition coefficient (Wildman–Crippen LogP) is 6.28. The molecule has 0 unspecified atom stereocenters. The molecule has 0 aromatic heterocycles. The lowest BCUT2D eigenvalue weighted by Crippen LogP contribution is -2.35. The van der Waals surface area contributed by atoms with Crippen LogP contribution in [0.2, 0.25) is 0 Å². The molecule has 3 aromatic rings. The van der Waals surface area contributed by atoms with Crippen LogP contribution in [-0.2, 0) is 17.8 Å². The minimum Gasteiger partial charge on any atom is -0.322 e. The molecule has 2 heterocycles. The van der Waals surface area contributed by atoms with E-state index in [0.29, 0.717) is 18.5 Å². The van der Waals surface area contributed by atoms with E-state index in [1.165, 1.54) is 36.0 Å². The predicted molar refractivity (Wildman–Crippen MR) is 146 cm³/mol. The van der Waals surface area contributed by atoms with Gasteiger partial charge in [0.15, 0.2) is 0 Å². The van der Waals surface area contributed by atoms with Crippen LogP contribution in [0.25, 0.3) is 11.1 Å². The molecule has 5 nitrogen and oxygen atoms in total. The number of fused-ring (bicyclic) bond motifs is 1. The second kappa shape index (κ2) is 11.1. The van der Waals surface area contributed by atoms with Crippen molar-refractivity contribution < 1.29 is 9.59 Å². The normalized spacial score (nSPS) is 16.0. The van der Waals surface area contributed by atoms with E-state index < -0.39 is 0 Å². The maximum atomic E-state index is 13.3.